The normalized spacial score (nSPS) is 14.2. The first kappa shape index (κ1) is 29.4. The van der Waals surface area contributed by atoms with Crippen molar-refractivity contribution in [1.29, 1.82) is 0 Å². The highest BCUT2D eigenvalue weighted by atomic mass is 15.1. The molecule has 1 atom stereocenters. The van der Waals surface area contributed by atoms with Gasteiger partial charge in [-0.05, 0) is 33.2 Å². The largest absolute Gasteiger partial charge is 0.359 e. The number of allylic oxidation sites excluding steroid dienone is 1. The highest BCUT2D eigenvalue weighted by Gasteiger charge is 2.26. The minimum atomic E-state index is -0.442. The van der Waals surface area contributed by atoms with Gasteiger partial charge >= 0.3 is 0 Å². The molecule has 5 nitrogen and oxygen atoms in total. The molecule has 0 saturated carbocycles. The lowest BCUT2D eigenvalue weighted by Gasteiger charge is -2.27. The van der Waals surface area contributed by atoms with Crippen molar-refractivity contribution < 1.29 is 0 Å². The molecule has 0 fully saturated rings. The van der Waals surface area contributed by atoms with Crippen LogP contribution in [0.3, 0.4) is 0 Å². The fraction of sp³-hybridized carbons (Fsp3) is 0.0222. The van der Waals surface area contributed by atoms with Crippen LogP contribution in [-0.2, 0) is 0 Å². The topological polar surface area (TPSA) is 63.1 Å². The molecule has 5 heteroatoms. The van der Waals surface area contributed by atoms with E-state index in [0.717, 1.165) is 60.9 Å². The quantitative estimate of drug-likeness (QED) is 0.196. The highest BCUT2D eigenvalue weighted by molar-refractivity contribution is 6.19. The summed E-state index contributed by atoms with van der Waals surface area (Å²) >= 11 is 0. The van der Waals surface area contributed by atoms with E-state index in [9.17, 15) is 0 Å². The van der Waals surface area contributed by atoms with E-state index in [0.29, 0.717) is 17.5 Å². The van der Waals surface area contributed by atoms with Crippen LogP contribution in [0, 0.1) is 0 Å². The number of aliphatic imine (C=N–C) groups is 1. The molecule has 236 valence electrons. The first-order valence-electron chi connectivity index (χ1n) is 16.8. The van der Waals surface area contributed by atoms with Gasteiger partial charge in [0.15, 0.2) is 17.5 Å². The van der Waals surface area contributed by atoms with Crippen LogP contribution in [0.5, 0.6) is 0 Å². The van der Waals surface area contributed by atoms with Gasteiger partial charge in [-0.1, -0.05) is 170 Å². The Morgan fingerprint density at radius 3 is 1.58 bits per heavy atom. The van der Waals surface area contributed by atoms with Gasteiger partial charge in [0.25, 0.3) is 0 Å². The smallest absolute Gasteiger partial charge is 0.164 e. The van der Waals surface area contributed by atoms with E-state index in [1.54, 1.807) is 0 Å². The number of aromatic nitrogens is 3. The first-order valence-corrected chi connectivity index (χ1v) is 16.8. The van der Waals surface area contributed by atoms with Crippen molar-refractivity contribution in [2.75, 3.05) is 0 Å². The molecule has 1 aliphatic heterocycles. The molecule has 50 heavy (non-hydrogen) atoms. The van der Waals surface area contributed by atoms with E-state index in [1.807, 2.05) is 66.7 Å². The van der Waals surface area contributed by atoms with Crippen molar-refractivity contribution in [2.45, 2.75) is 6.17 Å². The first-order chi connectivity index (χ1) is 24.8. The Balaban J connectivity index is 1.30. The average molecular weight is 642 g/mol. The summed E-state index contributed by atoms with van der Waals surface area (Å²) in [7, 11) is 0. The summed E-state index contributed by atoms with van der Waals surface area (Å²) in [4.78, 5) is 20.8. The molecule has 0 radical (unpaired) electrons. The van der Waals surface area contributed by atoms with Gasteiger partial charge < -0.3 is 5.32 Å². The molecular formula is C45H31N5. The van der Waals surface area contributed by atoms with E-state index < -0.39 is 6.17 Å². The monoisotopic (exact) mass is 641 g/mol. The van der Waals surface area contributed by atoms with Crippen LogP contribution in [0.1, 0.15) is 22.9 Å². The fourth-order valence-corrected chi connectivity index (χ4v) is 6.77. The molecule has 0 amide bonds. The molecule has 0 saturated heterocycles. The summed E-state index contributed by atoms with van der Waals surface area (Å²) in [6.07, 6.45) is 1.73. The molecule has 9 rings (SSSR count). The second-order valence-electron chi connectivity index (χ2n) is 12.3. The van der Waals surface area contributed by atoms with Crippen molar-refractivity contribution in [1.82, 2.24) is 20.3 Å². The predicted octanol–water partition coefficient (Wildman–Crippen LogP) is 10.3. The molecule has 7 aromatic carbocycles. The summed E-state index contributed by atoms with van der Waals surface area (Å²) in [5.74, 6) is 1.84. The van der Waals surface area contributed by atoms with Crippen LogP contribution in [-0.4, -0.2) is 20.7 Å². The molecule has 1 unspecified atom stereocenters. The van der Waals surface area contributed by atoms with Crippen LogP contribution < -0.4 is 5.32 Å². The van der Waals surface area contributed by atoms with E-state index in [4.69, 9.17) is 19.9 Å². The lowest BCUT2D eigenvalue weighted by atomic mass is 9.93. The minimum Gasteiger partial charge on any atom is -0.359 e. The van der Waals surface area contributed by atoms with Crippen molar-refractivity contribution in [3.8, 4) is 34.2 Å². The lowest BCUT2D eigenvalue weighted by Crippen LogP contribution is -2.26. The number of hydrogen-bond donors (Lipinski definition) is 1. The van der Waals surface area contributed by atoms with Gasteiger partial charge in [0.05, 0.1) is 5.71 Å². The van der Waals surface area contributed by atoms with Crippen molar-refractivity contribution in [3.05, 3.63) is 193 Å². The molecular weight excluding hydrogens is 611 g/mol. The highest BCUT2D eigenvalue weighted by Crippen LogP contribution is 2.38. The zero-order chi connectivity index (χ0) is 33.3. The van der Waals surface area contributed by atoms with Gasteiger partial charge in [-0.25, -0.2) is 15.0 Å². The Morgan fingerprint density at radius 2 is 0.920 bits per heavy atom. The van der Waals surface area contributed by atoms with Gasteiger partial charge in [0.2, 0.25) is 0 Å². The van der Waals surface area contributed by atoms with E-state index in [2.05, 4.69) is 115 Å². The molecule has 0 aliphatic carbocycles. The van der Waals surface area contributed by atoms with Gasteiger partial charge in [-0.2, -0.15) is 0 Å². The van der Waals surface area contributed by atoms with Crippen LogP contribution in [0.2, 0.25) is 0 Å². The Kier molecular flexibility index (Phi) is 7.48. The summed E-state index contributed by atoms with van der Waals surface area (Å²) in [6.45, 7) is 0. The fourth-order valence-electron chi connectivity index (χ4n) is 6.77. The lowest BCUT2D eigenvalue weighted by molar-refractivity contribution is 0.670. The molecule has 0 bridgehead atoms. The maximum absolute atomic E-state index is 5.50. The Bertz CT molecular complexity index is 2500. The molecule has 1 N–H and O–H groups in total. The van der Waals surface area contributed by atoms with Crippen LogP contribution in [0.25, 0.3) is 61.4 Å². The standard InChI is InChI=1S/C45H31N5/c1-4-17-32(18-5-1)39-29-40(37-26-14-23-30-15-10-12-24-35(30)37)47-45(46-39)41-36-25-13-11-16-31(36)27-28-38(41)44-49-42(33-19-6-2-7-20-33)48-43(50-44)34-21-8-3-9-22-34/h1-29,45-46H. The SMILES string of the molecule is C1=C(c2ccccc2)NC(c2c(-c3nc(-c4ccccc4)nc(-c4ccccc4)n3)ccc3ccccc23)N=C1c1cccc2ccccc12. The minimum absolute atomic E-state index is 0.442. The molecule has 1 aromatic heterocycles. The van der Waals surface area contributed by atoms with Crippen LogP contribution in [0.4, 0.5) is 0 Å². The number of fused-ring (bicyclic) bond motifs is 2. The number of nitrogens with zero attached hydrogens (tertiary/aromatic N) is 4. The molecule has 8 aromatic rings. The van der Waals surface area contributed by atoms with Gasteiger partial charge in [0, 0.05) is 33.5 Å². The second kappa shape index (κ2) is 12.7. The van der Waals surface area contributed by atoms with Gasteiger partial charge in [-0.15, -0.1) is 0 Å². The van der Waals surface area contributed by atoms with E-state index >= 15 is 0 Å². The number of rotatable bonds is 6. The van der Waals surface area contributed by atoms with Crippen molar-refractivity contribution >= 4 is 33.0 Å². The van der Waals surface area contributed by atoms with Gasteiger partial charge in [0.1, 0.15) is 6.17 Å². The van der Waals surface area contributed by atoms with Gasteiger partial charge in [-0.3, -0.25) is 4.99 Å². The maximum atomic E-state index is 5.50. The Labute approximate surface area is 290 Å². The summed E-state index contributed by atoms with van der Waals surface area (Å²) in [5, 5.41) is 8.37. The number of nitrogens with one attached hydrogen (secondary N) is 1. The molecule has 1 aliphatic rings. The predicted molar refractivity (Wildman–Crippen MR) is 204 cm³/mol. The second-order valence-corrected chi connectivity index (χ2v) is 12.3. The van der Waals surface area contributed by atoms with Crippen LogP contribution >= 0.6 is 0 Å². The number of benzene rings is 7. The van der Waals surface area contributed by atoms with E-state index in [1.165, 1.54) is 5.39 Å². The third-order valence-electron chi connectivity index (χ3n) is 9.18. The third kappa shape index (κ3) is 5.51. The average Bonchev–Trinajstić information content (AvgIpc) is 3.21. The summed E-state index contributed by atoms with van der Waals surface area (Å²) < 4.78 is 0. The zero-order valence-corrected chi connectivity index (χ0v) is 27.1. The maximum Gasteiger partial charge on any atom is 0.164 e. The third-order valence-corrected chi connectivity index (χ3v) is 9.18. The summed E-state index contributed by atoms with van der Waals surface area (Å²) in [6, 6.07) is 58.3. The summed E-state index contributed by atoms with van der Waals surface area (Å²) in [5.41, 5.74) is 7.84. The Morgan fingerprint density at radius 1 is 0.400 bits per heavy atom. The van der Waals surface area contributed by atoms with Crippen molar-refractivity contribution in [3.63, 3.8) is 0 Å². The van der Waals surface area contributed by atoms with Crippen LogP contribution in [0.15, 0.2) is 181 Å². The van der Waals surface area contributed by atoms with E-state index in [-0.39, 0.29) is 0 Å². The Hall–Kier alpha value is -6.72. The zero-order valence-electron chi connectivity index (χ0n) is 27.1. The number of hydrogen-bond acceptors (Lipinski definition) is 5. The molecule has 2 heterocycles. The molecule has 0 spiro atoms. The van der Waals surface area contributed by atoms with Crippen molar-refractivity contribution in [2.24, 2.45) is 4.99 Å².